The summed E-state index contributed by atoms with van der Waals surface area (Å²) >= 11 is 9.24. The summed E-state index contributed by atoms with van der Waals surface area (Å²) in [6, 6.07) is 5.18. The van der Waals surface area contributed by atoms with Crippen molar-refractivity contribution in [3.05, 3.63) is 33.3 Å². The monoisotopic (exact) mass is 317 g/mol. The van der Waals surface area contributed by atoms with Crippen LogP contribution in [0.4, 0.5) is 0 Å². The molecular formula is C12H13BrClNO2. The van der Waals surface area contributed by atoms with Crippen LogP contribution in [-0.2, 0) is 0 Å². The van der Waals surface area contributed by atoms with Crippen molar-refractivity contribution in [1.29, 1.82) is 0 Å². The summed E-state index contributed by atoms with van der Waals surface area (Å²) in [6.45, 7) is 1.47. The lowest BCUT2D eigenvalue weighted by molar-refractivity contribution is 0.0782. The summed E-state index contributed by atoms with van der Waals surface area (Å²) in [5, 5.41) is 9.60. The number of aliphatic hydroxyl groups excluding tert-OH is 1. The zero-order chi connectivity index (χ0) is 12.4. The fourth-order valence-electron chi connectivity index (χ4n) is 2.03. The maximum absolute atomic E-state index is 12.2. The van der Waals surface area contributed by atoms with E-state index in [2.05, 4.69) is 15.9 Å². The van der Waals surface area contributed by atoms with E-state index in [1.165, 1.54) is 0 Å². The van der Waals surface area contributed by atoms with Crippen LogP contribution in [0.3, 0.4) is 0 Å². The molecule has 0 spiro atoms. The topological polar surface area (TPSA) is 40.5 Å². The minimum Gasteiger partial charge on any atom is -0.396 e. The molecule has 1 atom stereocenters. The van der Waals surface area contributed by atoms with Gasteiger partial charge in [0.2, 0.25) is 0 Å². The molecule has 0 aliphatic carbocycles. The Labute approximate surface area is 114 Å². The number of aliphatic hydroxyl groups is 1. The number of benzene rings is 1. The molecule has 0 bridgehead atoms. The van der Waals surface area contributed by atoms with Crippen molar-refractivity contribution in [2.45, 2.75) is 6.42 Å². The van der Waals surface area contributed by atoms with Crippen molar-refractivity contribution in [3.63, 3.8) is 0 Å². The van der Waals surface area contributed by atoms with Crippen LogP contribution < -0.4 is 0 Å². The third kappa shape index (κ3) is 3.00. The standard InChI is InChI=1S/C12H13BrClNO2/c13-10-3-9(4-11(14)5-10)12(17)15-2-1-8(6-15)7-16/h3-5,8,16H,1-2,6-7H2. The Balaban J connectivity index is 2.14. The average molecular weight is 319 g/mol. The first kappa shape index (κ1) is 12.9. The van der Waals surface area contributed by atoms with Gasteiger partial charge in [-0.1, -0.05) is 27.5 Å². The first-order chi connectivity index (χ1) is 8.10. The lowest BCUT2D eigenvalue weighted by atomic mass is 10.1. The number of rotatable bonds is 2. The number of carbonyl (C=O) groups excluding carboxylic acids is 1. The molecule has 0 saturated carbocycles. The number of likely N-dealkylation sites (tertiary alicyclic amines) is 1. The second kappa shape index (κ2) is 5.38. The van der Waals surface area contributed by atoms with Gasteiger partial charge in [-0.15, -0.1) is 0 Å². The highest BCUT2D eigenvalue weighted by molar-refractivity contribution is 9.10. The van der Waals surface area contributed by atoms with Gasteiger partial charge in [0.15, 0.2) is 0 Å². The van der Waals surface area contributed by atoms with E-state index in [0.29, 0.717) is 23.7 Å². The van der Waals surface area contributed by atoms with Crippen LogP contribution in [0.15, 0.2) is 22.7 Å². The largest absolute Gasteiger partial charge is 0.396 e. The molecule has 3 nitrogen and oxygen atoms in total. The molecule has 17 heavy (non-hydrogen) atoms. The van der Waals surface area contributed by atoms with Crippen LogP contribution in [0, 0.1) is 5.92 Å². The van der Waals surface area contributed by atoms with Gasteiger partial charge in [0.25, 0.3) is 5.91 Å². The molecule has 1 aromatic rings. The van der Waals surface area contributed by atoms with Gasteiger partial charge in [-0.3, -0.25) is 4.79 Å². The summed E-state index contributed by atoms with van der Waals surface area (Å²) < 4.78 is 0.797. The molecule has 5 heteroatoms. The molecule has 1 heterocycles. The van der Waals surface area contributed by atoms with Crippen LogP contribution in [0.1, 0.15) is 16.8 Å². The van der Waals surface area contributed by atoms with Gasteiger partial charge in [-0.2, -0.15) is 0 Å². The number of hydrogen-bond acceptors (Lipinski definition) is 2. The normalized spacial score (nSPS) is 19.7. The molecule has 1 fully saturated rings. The van der Waals surface area contributed by atoms with Crippen molar-refractivity contribution in [2.75, 3.05) is 19.7 Å². The number of amides is 1. The maximum Gasteiger partial charge on any atom is 0.253 e. The highest BCUT2D eigenvalue weighted by Crippen LogP contribution is 2.23. The van der Waals surface area contributed by atoms with Crippen LogP contribution in [0.5, 0.6) is 0 Å². The smallest absolute Gasteiger partial charge is 0.253 e. The number of carbonyl (C=O) groups is 1. The van der Waals surface area contributed by atoms with E-state index < -0.39 is 0 Å². The van der Waals surface area contributed by atoms with E-state index in [4.69, 9.17) is 16.7 Å². The molecule has 0 aromatic heterocycles. The third-order valence-electron chi connectivity index (χ3n) is 2.94. The summed E-state index contributed by atoms with van der Waals surface area (Å²) in [7, 11) is 0. The first-order valence-electron chi connectivity index (χ1n) is 5.46. The summed E-state index contributed by atoms with van der Waals surface area (Å²) in [5.74, 6) is 0.186. The predicted octanol–water partition coefficient (Wildman–Crippen LogP) is 2.56. The quantitative estimate of drug-likeness (QED) is 0.910. The molecule has 1 saturated heterocycles. The fraction of sp³-hybridized carbons (Fsp3) is 0.417. The predicted molar refractivity (Wildman–Crippen MR) is 70.2 cm³/mol. The highest BCUT2D eigenvalue weighted by atomic mass is 79.9. The van der Waals surface area contributed by atoms with Crippen molar-refractivity contribution in [3.8, 4) is 0 Å². The van der Waals surface area contributed by atoms with Crippen LogP contribution >= 0.6 is 27.5 Å². The Hall–Kier alpha value is -0.580. The molecule has 1 aromatic carbocycles. The van der Waals surface area contributed by atoms with Gasteiger partial charge < -0.3 is 10.0 Å². The van der Waals surface area contributed by atoms with Crippen LogP contribution in [-0.4, -0.2) is 35.6 Å². The molecule has 0 radical (unpaired) electrons. The third-order valence-corrected chi connectivity index (χ3v) is 3.62. The van der Waals surface area contributed by atoms with Crippen molar-refractivity contribution in [2.24, 2.45) is 5.92 Å². The molecule has 92 valence electrons. The Morgan fingerprint density at radius 1 is 1.53 bits per heavy atom. The minimum atomic E-state index is -0.0239. The SMILES string of the molecule is O=C(c1cc(Cl)cc(Br)c1)N1CCC(CO)C1. The van der Waals surface area contributed by atoms with Crippen LogP contribution in [0.2, 0.25) is 5.02 Å². The number of halogens is 2. The van der Waals surface area contributed by atoms with E-state index in [1.807, 2.05) is 0 Å². The van der Waals surface area contributed by atoms with Gasteiger partial charge in [-0.05, 0) is 24.6 Å². The van der Waals surface area contributed by atoms with E-state index in [-0.39, 0.29) is 18.4 Å². The van der Waals surface area contributed by atoms with E-state index in [0.717, 1.165) is 10.9 Å². The highest BCUT2D eigenvalue weighted by Gasteiger charge is 2.26. The van der Waals surface area contributed by atoms with Crippen molar-refractivity contribution in [1.82, 2.24) is 4.90 Å². The lowest BCUT2D eigenvalue weighted by Crippen LogP contribution is -2.29. The minimum absolute atomic E-state index is 0.0239. The average Bonchev–Trinajstić information content (AvgIpc) is 2.75. The van der Waals surface area contributed by atoms with Gasteiger partial charge >= 0.3 is 0 Å². The van der Waals surface area contributed by atoms with Crippen molar-refractivity contribution < 1.29 is 9.90 Å². The first-order valence-corrected chi connectivity index (χ1v) is 6.63. The van der Waals surface area contributed by atoms with Gasteiger partial charge in [-0.25, -0.2) is 0 Å². The molecule has 1 unspecified atom stereocenters. The van der Waals surface area contributed by atoms with E-state index >= 15 is 0 Å². The molecule has 1 N–H and O–H groups in total. The summed E-state index contributed by atoms with van der Waals surface area (Å²) in [5.41, 5.74) is 0.586. The Morgan fingerprint density at radius 2 is 2.29 bits per heavy atom. The van der Waals surface area contributed by atoms with Crippen LogP contribution in [0.25, 0.3) is 0 Å². The summed E-state index contributed by atoms with van der Waals surface area (Å²) in [4.78, 5) is 13.9. The Morgan fingerprint density at radius 3 is 2.88 bits per heavy atom. The number of hydrogen-bond donors (Lipinski definition) is 1. The van der Waals surface area contributed by atoms with E-state index in [1.54, 1.807) is 23.1 Å². The lowest BCUT2D eigenvalue weighted by Gasteiger charge is -2.16. The Kier molecular flexibility index (Phi) is 4.07. The van der Waals surface area contributed by atoms with Crippen molar-refractivity contribution >= 4 is 33.4 Å². The molecule has 1 aliphatic rings. The molecule has 1 aliphatic heterocycles. The van der Waals surface area contributed by atoms with Gasteiger partial charge in [0.05, 0.1) is 0 Å². The fourth-order valence-corrected chi connectivity index (χ4v) is 2.89. The summed E-state index contributed by atoms with van der Waals surface area (Å²) in [6.07, 6.45) is 0.865. The maximum atomic E-state index is 12.2. The molecular weight excluding hydrogens is 305 g/mol. The second-order valence-corrected chi connectivity index (χ2v) is 5.60. The van der Waals surface area contributed by atoms with Gasteiger partial charge in [0.1, 0.15) is 0 Å². The second-order valence-electron chi connectivity index (χ2n) is 4.25. The van der Waals surface area contributed by atoms with E-state index in [9.17, 15) is 4.79 Å². The Bertz CT molecular complexity index is 418. The zero-order valence-electron chi connectivity index (χ0n) is 9.20. The number of nitrogens with zero attached hydrogens (tertiary/aromatic N) is 1. The van der Waals surface area contributed by atoms with Gasteiger partial charge in [0, 0.05) is 40.7 Å². The molecule has 1 amide bonds. The zero-order valence-corrected chi connectivity index (χ0v) is 11.5. The molecule has 2 rings (SSSR count).